The number of aliphatic hydroxyl groups is 10. The van der Waals surface area contributed by atoms with E-state index >= 15 is 0 Å². The minimum atomic E-state index is -1.57. The van der Waals surface area contributed by atoms with Gasteiger partial charge in [-0.05, 0) is 25.7 Å². The normalized spacial score (nSPS) is 33.9. The standard InChI is InChI=1S/C13H22O6.C7H12O.C6H12O6/c1-2-3-4-5-6-7-18-13-12(17)11(16)10(15)9(8-14)19-13;1-2-3-4-5-6-7-8;7-1-2-3(8)4(9)5(10)6(11)12-2/h1,9-17H,3-8H2;1,8H,3-7H2;2-11H,1H2/t9-,10-,11+,12-,13?;;2-,3-,4+,5-,6?/m1.1/s1. The number of unbranched alkanes of at least 4 members (excludes halogenated alkanes) is 6. The van der Waals surface area contributed by atoms with Gasteiger partial charge in [-0.1, -0.05) is 12.8 Å². The molecule has 13 nitrogen and oxygen atoms in total. The lowest BCUT2D eigenvalue weighted by molar-refractivity contribution is -0.301. The molecule has 13 heteroatoms. The van der Waals surface area contributed by atoms with E-state index in [1.165, 1.54) is 0 Å². The van der Waals surface area contributed by atoms with Gasteiger partial charge in [0, 0.05) is 26.1 Å². The molecule has 2 heterocycles. The number of hydrogen-bond acceptors (Lipinski definition) is 13. The highest BCUT2D eigenvalue weighted by Crippen LogP contribution is 2.22. The minimum absolute atomic E-state index is 0.296. The lowest BCUT2D eigenvalue weighted by Gasteiger charge is -2.39. The van der Waals surface area contributed by atoms with Crippen LogP contribution in [-0.4, -0.2) is 139 Å². The molecule has 228 valence electrons. The molecule has 10 N–H and O–H groups in total. The molecule has 2 saturated heterocycles. The van der Waals surface area contributed by atoms with Gasteiger partial charge in [0.25, 0.3) is 0 Å². The molecule has 2 aliphatic rings. The maximum atomic E-state index is 9.69. The van der Waals surface area contributed by atoms with Crippen molar-refractivity contribution < 1.29 is 65.3 Å². The molecule has 0 amide bonds. The molecule has 2 aliphatic heterocycles. The van der Waals surface area contributed by atoms with E-state index in [1.807, 2.05) is 0 Å². The SMILES string of the molecule is C#CCCCCCO.C#CCCCCCOC1O[C@H](CO)[C@@H](O)[C@H](O)[C@H]1O.OC[C@H]1OC(O)[C@H](O)[C@@H](O)[C@@H]1O. The van der Waals surface area contributed by atoms with Crippen molar-refractivity contribution >= 4 is 0 Å². The maximum Gasteiger partial charge on any atom is 0.186 e. The summed E-state index contributed by atoms with van der Waals surface area (Å²) in [5.74, 6) is 5.09. The second kappa shape index (κ2) is 22.3. The molecule has 2 unspecified atom stereocenters. The average Bonchev–Trinajstić information content (AvgIpc) is 2.94. The van der Waals surface area contributed by atoms with Gasteiger partial charge in [-0.3, -0.25) is 0 Å². The summed E-state index contributed by atoms with van der Waals surface area (Å²) in [5, 5.41) is 90.8. The van der Waals surface area contributed by atoms with E-state index < -0.39 is 74.6 Å². The molecule has 0 aromatic rings. The van der Waals surface area contributed by atoms with Gasteiger partial charge in [0.15, 0.2) is 12.6 Å². The van der Waals surface area contributed by atoms with Crippen LogP contribution in [0.4, 0.5) is 0 Å². The molecule has 39 heavy (non-hydrogen) atoms. The number of rotatable bonds is 12. The number of aliphatic hydroxyl groups excluding tert-OH is 10. The Balaban J connectivity index is 0.000000616. The molecule has 2 rings (SSSR count). The van der Waals surface area contributed by atoms with Crippen LogP contribution >= 0.6 is 0 Å². The highest BCUT2D eigenvalue weighted by Gasteiger charge is 2.44. The second-order valence-corrected chi connectivity index (χ2v) is 9.04. The third-order valence-corrected chi connectivity index (χ3v) is 5.94. The van der Waals surface area contributed by atoms with Crippen LogP contribution < -0.4 is 0 Å². The van der Waals surface area contributed by atoms with E-state index in [2.05, 4.69) is 16.6 Å². The zero-order chi connectivity index (χ0) is 29.8. The average molecular weight is 567 g/mol. The van der Waals surface area contributed by atoms with Crippen molar-refractivity contribution in [2.45, 2.75) is 113 Å². The fraction of sp³-hybridized carbons (Fsp3) is 0.846. The number of terminal acetylenes is 2. The minimum Gasteiger partial charge on any atom is -0.396 e. The van der Waals surface area contributed by atoms with Crippen LogP contribution in [0.1, 0.15) is 51.4 Å². The second-order valence-electron chi connectivity index (χ2n) is 9.04. The van der Waals surface area contributed by atoms with Gasteiger partial charge >= 0.3 is 0 Å². The zero-order valence-electron chi connectivity index (χ0n) is 22.1. The third-order valence-electron chi connectivity index (χ3n) is 5.94. The first-order chi connectivity index (χ1) is 18.6. The van der Waals surface area contributed by atoms with E-state index in [9.17, 15) is 15.3 Å². The molecule has 0 radical (unpaired) electrons. The van der Waals surface area contributed by atoms with Gasteiger partial charge in [0.2, 0.25) is 0 Å². The Morgan fingerprint density at radius 1 is 0.564 bits per heavy atom. The van der Waals surface area contributed by atoms with Gasteiger partial charge < -0.3 is 65.3 Å². The Bertz CT molecular complexity index is 675. The van der Waals surface area contributed by atoms with Crippen LogP contribution in [-0.2, 0) is 14.2 Å². The Morgan fingerprint density at radius 2 is 1.05 bits per heavy atom. The fourth-order valence-electron chi connectivity index (χ4n) is 3.51. The summed E-state index contributed by atoms with van der Waals surface area (Å²) in [6, 6.07) is 0. The molecule has 0 bridgehead atoms. The predicted octanol–water partition coefficient (Wildman–Crippen LogP) is -3.05. The molecule has 2 fully saturated rings. The molecule has 10 atom stereocenters. The predicted molar refractivity (Wildman–Crippen MR) is 137 cm³/mol. The van der Waals surface area contributed by atoms with Gasteiger partial charge in [0.1, 0.15) is 48.8 Å². The largest absolute Gasteiger partial charge is 0.396 e. The van der Waals surface area contributed by atoms with Gasteiger partial charge in [-0.25, -0.2) is 0 Å². The van der Waals surface area contributed by atoms with Gasteiger partial charge in [-0.15, -0.1) is 24.7 Å². The van der Waals surface area contributed by atoms with E-state index in [-0.39, 0.29) is 0 Å². The molecular formula is C26H46O13. The summed E-state index contributed by atoms with van der Waals surface area (Å²) in [7, 11) is 0. The van der Waals surface area contributed by atoms with Crippen LogP contribution in [0.3, 0.4) is 0 Å². The summed E-state index contributed by atoms with van der Waals surface area (Å²) in [6.07, 6.45) is 4.19. The van der Waals surface area contributed by atoms with Crippen LogP contribution in [0, 0.1) is 24.7 Å². The van der Waals surface area contributed by atoms with Crippen molar-refractivity contribution in [2.75, 3.05) is 26.4 Å². The lowest BCUT2D eigenvalue weighted by Crippen LogP contribution is -2.59. The molecule has 0 saturated carbocycles. The van der Waals surface area contributed by atoms with Crippen LogP contribution in [0.2, 0.25) is 0 Å². The van der Waals surface area contributed by atoms with Crippen LogP contribution in [0.15, 0.2) is 0 Å². The van der Waals surface area contributed by atoms with E-state index in [4.69, 9.17) is 58.1 Å². The molecular weight excluding hydrogens is 520 g/mol. The quantitative estimate of drug-likeness (QED) is 0.0837. The first-order valence-electron chi connectivity index (χ1n) is 13.0. The smallest absolute Gasteiger partial charge is 0.186 e. The molecule has 0 aromatic carbocycles. The van der Waals surface area contributed by atoms with Crippen molar-refractivity contribution in [1.29, 1.82) is 0 Å². The fourth-order valence-corrected chi connectivity index (χ4v) is 3.51. The summed E-state index contributed by atoms with van der Waals surface area (Å²) >= 11 is 0. The molecule has 0 aliphatic carbocycles. The first-order valence-corrected chi connectivity index (χ1v) is 13.0. The van der Waals surface area contributed by atoms with Crippen molar-refractivity contribution in [3.05, 3.63) is 0 Å². The summed E-state index contributed by atoms with van der Waals surface area (Å²) in [5.41, 5.74) is 0. The zero-order valence-corrected chi connectivity index (χ0v) is 22.1. The topological polar surface area (TPSA) is 230 Å². The van der Waals surface area contributed by atoms with Gasteiger partial charge in [-0.2, -0.15) is 0 Å². The molecule has 0 spiro atoms. The monoisotopic (exact) mass is 566 g/mol. The molecule has 0 aromatic heterocycles. The lowest BCUT2D eigenvalue weighted by atomic mass is 9.99. The van der Waals surface area contributed by atoms with Crippen molar-refractivity contribution in [1.82, 2.24) is 0 Å². The van der Waals surface area contributed by atoms with E-state index in [1.54, 1.807) is 0 Å². The Hall–Kier alpha value is -1.40. The summed E-state index contributed by atoms with van der Waals surface area (Å²) in [6.45, 7) is -0.327. The van der Waals surface area contributed by atoms with Crippen molar-refractivity contribution in [3.8, 4) is 24.7 Å². The summed E-state index contributed by atoms with van der Waals surface area (Å²) in [4.78, 5) is 0. The van der Waals surface area contributed by atoms with Gasteiger partial charge in [0.05, 0.1) is 13.2 Å². The Labute approximate surface area is 229 Å². The van der Waals surface area contributed by atoms with Crippen LogP contribution in [0.25, 0.3) is 0 Å². The van der Waals surface area contributed by atoms with E-state index in [0.29, 0.717) is 13.2 Å². The Morgan fingerprint density at radius 3 is 1.54 bits per heavy atom. The third kappa shape index (κ3) is 14.2. The first kappa shape index (κ1) is 37.6. The summed E-state index contributed by atoms with van der Waals surface area (Å²) < 4.78 is 15.1. The maximum absolute atomic E-state index is 9.69. The number of ether oxygens (including phenoxy) is 3. The van der Waals surface area contributed by atoms with E-state index in [0.717, 1.165) is 51.4 Å². The Kier molecular flexibility index (Phi) is 21.5. The number of hydrogen-bond donors (Lipinski definition) is 10. The van der Waals surface area contributed by atoms with Crippen LogP contribution in [0.5, 0.6) is 0 Å². The highest BCUT2D eigenvalue weighted by molar-refractivity contribution is 4.89. The highest BCUT2D eigenvalue weighted by atomic mass is 16.7. The van der Waals surface area contributed by atoms with Crippen molar-refractivity contribution in [2.24, 2.45) is 0 Å². The van der Waals surface area contributed by atoms with Crippen molar-refractivity contribution in [3.63, 3.8) is 0 Å².